The van der Waals surface area contributed by atoms with E-state index in [0.717, 1.165) is 15.4 Å². The Labute approximate surface area is 206 Å². The standard InChI is InChI=1S/C24H28N6O4S/c1-28(14-19(31)26-17-11-7-8-12-18(17)35-3)15-20(32)29(2)21-22(25)30(24(34)27-23(21)33)13-16-9-5-4-6-10-16/h4-12H,13-15,25H2,1-3H3,(H,26,31)(H,27,33,34)/p+1. The highest BCUT2D eigenvalue weighted by atomic mass is 32.2. The number of amides is 2. The number of benzene rings is 2. The molecule has 2 aromatic carbocycles. The Kier molecular flexibility index (Phi) is 8.50. The van der Waals surface area contributed by atoms with Crippen molar-refractivity contribution in [2.75, 3.05) is 49.4 Å². The summed E-state index contributed by atoms with van der Waals surface area (Å²) in [6.45, 7) is 0.118. The number of likely N-dealkylation sites (N-methyl/N-ethyl adjacent to an activating group) is 2. The summed E-state index contributed by atoms with van der Waals surface area (Å²) in [7, 11) is 3.12. The lowest BCUT2D eigenvalue weighted by Crippen LogP contribution is -3.11. The number of thioether (sulfide) groups is 1. The number of para-hydroxylation sites is 1. The van der Waals surface area contributed by atoms with Gasteiger partial charge in [0.2, 0.25) is 0 Å². The van der Waals surface area contributed by atoms with E-state index in [0.29, 0.717) is 10.6 Å². The lowest BCUT2D eigenvalue weighted by Gasteiger charge is -2.22. The average Bonchev–Trinajstić information content (AvgIpc) is 2.82. The maximum Gasteiger partial charge on any atom is 0.330 e. The lowest BCUT2D eigenvalue weighted by molar-refractivity contribution is -0.862. The van der Waals surface area contributed by atoms with Gasteiger partial charge >= 0.3 is 5.69 Å². The molecule has 0 aliphatic carbocycles. The zero-order valence-corrected chi connectivity index (χ0v) is 20.6. The molecule has 5 N–H and O–H groups in total. The summed E-state index contributed by atoms with van der Waals surface area (Å²) in [6, 6.07) is 16.6. The van der Waals surface area contributed by atoms with Gasteiger partial charge in [0.25, 0.3) is 17.4 Å². The minimum Gasteiger partial charge on any atom is -0.383 e. The van der Waals surface area contributed by atoms with Gasteiger partial charge in [0.15, 0.2) is 18.8 Å². The molecule has 0 fully saturated rings. The van der Waals surface area contributed by atoms with Crippen LogP contribution in [0.25, 0.3) is 0 Å². The molecular weight excluding hydrogens is 468 g/mol. The molecular formula is C24H29N6O4S+. The molecule has 1 unspecified atom stereocenters. The number of nitrogens with zero attached hydrogens (tertiary/aromatic N) is 2. The Morgan fingerprint density at radius 1 is 1.09 bits per heavy atom. The van der Waals surface area contributed by atoms with Gasteiger partial charge in [0.05, 0.1) is 19.3 Å². The van der Waals surface area contributed by atoms with Gasteiger partial charge in [-0.05, 0) is 24.0 Å². The number of anilines is 3. The quantitative estimate of drug-likeness (QED) is 0.308. The van der Waals surface area contributed by atoms with Gasteiger partial charge in [-0.25, -0.2) is 4.79 Å². The second-order valence-electron chi connectivity index (χ2n) is 8.08. The molecule has 0 spiro atoms. The van der Waals surface area contributed by atoms with E-state index in [9.17, 15) is 19.2 Å². The van der Waals surface area contributed by atoms with Crippen LogP contribution < -0.4 is 32.1 Å². The first-order valence-electron chi connectivity index (χ1n) is 10.9. The number of hydrogen-bond acceptors (Lipinski definition) is 6. The molecule has 0 aliphatic rings. The normalized spacial score (nSPS) is 11.6. The Balaban J connectivity index is 1.71. The monoisotopic (exact) mass is 497 g/mol. The number of aromatic amines is 1. The SMILES string of the molecule is CSc1ccccc1NC(=O)C[NH+](C)CC(=O)N(C)c1c(N)n(Cc2ccccc2)c(=O)[nH]c1=O. The molecule has 0 radical (unpaired) electrons. The van der Waals surface area contributed by atoms with Crippen molar-refractivity contribution in [2.24, 2.45) is 0 Å². The minimum absolute atomic E-state index is 0.0433. The maximum atomic E-state index is 12.9. The third kappa shape index (κ3) is 6.40. The summed E-state index contributed by atoms with van der Waals surface area (Å²) < 4.78 is 1.21. The van der Waals surface area contributed by atoms with Crippen LogP contribution >= 0.6 is 11.8 Å². The predicted octanol–water partition coefficient (Wildman–Crippen LogP) is 0.00520. The number of hydrogen-bond donors (Lipinski definition) is 4. The van der Waals surface area contributed by atoms with E-state index in [1.54, 1.807) is 7.05 Å². The molecule has 0 saturated carbocycles. The van der Waals surface area contributed by atoms with Crippen LogP contribution in [0.4, 0.5) is 17.2 Å². The van der Waals surface area contributed by atoms with Gasteiger partial charge < -0.3 is 20.9 Å². The Morgan fingerprint density at radius 2 is 1.74 bits per heavy atom. The molecule has 10 nitrogen and oxygen atoms in total. The summed E-state index contributed by atoms with van der Waals surface area (Å²) in [4.78, 5) is 55.2. The number of aromatic nitrogens is 2. The number of rotatable bonds is 9. The van der Waals surface area contributed by atoms with Crippen molar-refractivity contribution in [2.45, 2.75) is 11.4 Å². The fourth-order valence-electron chi connectivity index (χ4n) is 3.60. The number of nitrogens with two attached hydrogens (primary N) is 1. The van der Waals surface area contributed by atoms with Gasteiger partial charge in [0, 0.05) is 11.9 Å². The van der Waals surface area contributed by atoms with E-state index >= 15 is 0 Å². The first-order chi connectivity index (χ1) is 16.7. The van der Waals surface area contributed by atoms with Crippen LogP contribution in [0.5, 0.6) is 0 Å². The second-order valence-corrected chi connectivity index (χ2v) is 8.92. The molecule has 2 amide bonds. The van der Waals surface area contributed by atoms with Crippen LogP contribution in [0.2, 0.25) is 0 Å². The van der Waals surface area contributed by atoms with E-state index < -0.39 is 17.2 Å². The fraction of sp³-hybridized carbons (Fsp3) is 0.250. The first kappa shape index (κ1) is 25.8. The zero-order chi connectivity index (χ0) is 25.5. The highest BCUT2D eigenvalue weighted by molar-refractivity contribution is 7.98. The van der Waals surface area contributed by atoms with Crippen LogP contribution in [0, 0.1) is 0 Å². The van der Waals surface area contributed by atoms with E-state index in [1.807, 2.05) is 60.9 Å². The van der Waals surface area contributed by atoms with Crippen LogP contribution in [0.3, 0.4) is 0 Å². The molecule has 1 aromatic heterocycles. The summed E-state index contributed by atoms with van der Waals surface area (Å²) in [5.41, 5.74) is 6.17. The molecule has 0 saturated heterocycles. The van der Waals surface area contributed by atoms with Gasteiger partial charge in [-0.3, -0.25) is 23.9 Å². The number of H-pyrrole nitrogens is 1. The van der Waals surface area contributed by atoms with Crippen molar-refractivity contribution in [3.8, 4) is 0 Å². The molecule has 35 heavy (non-hydrogen) atoms. The van der Waals surface area contributed by atoms with Crippen molar-refractivity contribution in [3.05, 3.63) is 81.0 Å². The number of nitrogens with one attached hydrogen (secondary N) is 3. The highest BCUT2D eigenvalue weighted by Gasteiger charge is 2.24. The molecule has 11 heteroatoms. The van der Waals surface area contributed by atoms with Gasteiger partial charge in [-0.1, -0.05) is 42.5 Å². The van der Waals surface area contributed by atoms with Gasteiger partial charge in [0.1, 0.15) is 5.82 Å². The van der Waals surface area contributed by atoms with E-state index in [4.69, 9.17) is 5.73 Å². The van der Waals surface area contributed by atoms with E-state index in [-0.39, 0.29) is 37.0 Å². The smallest absolute Gasteiger partial charge is 0.330 e. The Hall–Kier alpha value is -3.83. The number of carbonyl (C=O) groups is 2. The first-order valence-corrected chi connectivity index (χ1v) is 12.1. The predicted molar refractivity (Wildman–Crippen MR) is 138 cm³/mol. The largest absolute Gasteiger partial charge is 0.383 e. The van der Waals surface area contributed by atoms with Crippen LogP contribution in [0.15, 0.2) is 69.1 Å². The summed E-state index contributed by atoms with van der Waals surface area (Å²) in [5.74, 6) is -0.780. The van der Waals surface area contributed by atoms with Crippen molar-refractivity contribution >= 4 is 40.8 Å². The molecule has 1 atom stereocenters. The summed E-state index contributed by atoms with van der Waals surface area (Å²) in [5, 5.41) is 2.86. The third-order valence-corrected chi connectivity index (χ3v) is 6.20. The molecule has 3 rings (SSSR count). The molecule has 0 bridgehead atoms. The topological polar surface area (TPSA) is 135 Å². The van der Waals surface area contributed by atoms with Crippen molar-refractivity contribution in [1.29, 1.82) is 0 Å². The zero-order valence-electron chi connectivity index (χ0n) is 19.8. The molecule has 3 aromatic rings. The average molecular weight is 498 g/mol. The fourth-order valence-corrected chi connectivity index (χ4v) is 4.16. The van der Waals surface area contributed by atoms with Gasteiger partial charge in [-0.2, -0.15) is 0 Å². The van der Waals surface area contributed by atoms with Crippen LogP contribution in [0.1, 0.15) is 5.56 Å². The Morgan fingerprint density at radius 3 is 2.43 bits per heavy atom. The second kappa shape index (κ2) is 11.5. The van der Waals surface area contributed by atoms with E-state index in [2.05, 4.69) is 10.3 Å². The molecule has 184 valence electrons. The van der Waals surface area contributed by atoms with Crippen molar-refractivity contribution in [1.82, 2.24) is 9.55 Å². The van der Waals surface area contributed by atoms with Gasteiger partial charge in [-0.15, -0.1) is 11.8 Å². The van der Waals surface area contributed by atoms with E-state index in [1.165, 1.54) is 23.4 Å². The maximum absolute atomic E-state index is 12.9. The Bertz CT molecular complexity index is 1320. The molecule has 0 aliphatic heterocycles. The highest BCUT2D eigenvalue weighted by Crippen LogP contribution is 2.24. The van der Waals surface area contributed by atoms with Crippen molar-refractivity contribution in [3.63, 3.8) is 0 Å². The molecule has 1 heterocycles. The number of quaternary nitrogens is 1. The van der Waals surface area contributed by atoms with Crippen molar-refractivity contribution < 1.29 is 14.5 Å². The van der Waals surface area contributed by atoms with Crippen LogP contribution in [-0.2, 0) is 16.1 Å². The lowest BCUT2D eigenvalue weighted by atomic mass is 10.2. The third-order valence-electron chi connectivity index (χ3n) is 5.40. The van der Waals surface area contributed by atoms with Crippen LogP contribution in [-0.4, -0.2) is 54.8 Å². The minimum atomic E-state index is -0.753. The summed E-state index contributed by atoms with van der Waals surface area (Å²) >= 11 is 1.52. The number of carbonyl (C=O) groups excluding carboxylic acids is 2. The number of nitrogen functional groups attached to an aromatic ring is 1. The summed E-state index contributed by atoms with van der Waals surface area (Å²) in [6.07, 6.45) is 1.92.